The molecule has 0 aromatic rings. The second-order valence-corrected chi connectivity index (χ2v) is 4.30. The zero-order chi connectivity index (χ0) is 10.6. The molecule has 0 aliphatic heterocycles. The molecule has 0 bridgehead atoms. The van der Waals surface area contributed by atoms with Crippen molar-refractivity contribution >= 4 is 23.3 Å². The average molecular weight is 289 g/mol. The van der Waals surface area contributed by atoms with E-state index < -0.39 is 12.0 Å². The van der Waals surface area contributed by atoms with Gasteiger partial charge in [0.25, 0.3) is 0 Å². The summed E-state index contributed by atoms with van der Waals surface area (Å²) in [7, 11) is 0. The molecule has 6 heteroatoms. The number of carbonyl (C=O) groups is 1. The number of carboxylic acid groups (broad SMARTS) is 1. The van der Waals surface area contributed by atoms with Gasteiger partial charge in [-0.2, -0.15) is 0 Å². The van der Waals surface area contributed by atoms with Gasteiger partial charge in [0.15, 0.2) is 5.11 Å². The van der Waals surface area contributed by atoms with Gasteiger partial charge in [0.2, 0.25) is 0 Å². The Balaban J connectivity index is 0. The fourth-order valence-electron chi connectivity index (χ4n) is 0.632. The Morgan fingerprint density at radius 2 is 1.86 bits per heavy atom. The van der Waals surface area contributed by atoms with E-state index in [2.05, 4.69) is 10.6 Å². The van der Waals surface area contributed by atoms with E-state index in [0.29, 0.717) is 5.11 Å². The molecular formula is C8H15N2O2RbS. The predicted octanol–water partition coefficient (Wildman–Crippen LogP) is -3.61. The molecule has 0 spiro atoms. The zero-order valence-electron chi connectivity index (χ0n) is 9.30. The number of hydrogen-bond acceptors (Lipinski definition) is 3. The van der Waals surface area contributed by atoms with Crippen LogP contribution >= 0.6 is 12.2 Å². The summed E-state index contributed by atoms with van der Waals surface area (Å²) in [6.07, 6.45) is 0. The second-order valence-electron chi connectivity index (χ2n) is 3.89. The topological polar surface area (TPSA) is 64.2 Å². The molecule has 0 heterocycles. The first-order valence-corrected chi connectivity index (χ1v) is 4.43. The maximum atomic E-state index is 10.3. The molecule has 1 atom stereocenters. The Labute approximate surface area is 139 Å². The van der Waals surface area contributed by atoms with Gasteiger partial charge in [-0.3, -0.25) is 0 Å². The van der Waals surface area contributed by atoms with Gasteiger partial charge in [0, 0.05) is 5.54 Å². The van der Waals surface area contributed by atoms with E-state index >= 15 is 0 Å². The number of carboxylic acids is 1. The molecule has 0 rings (SSSR count). The smallest absolute Gasteiger partial charge is 0.548 e. The summed E-state index contributed by atoms with van der Waals surface area (Å²) < 4.78 is 0. The Hall–Kier alpha value is 0.965. The Morgan fingerprint density at radius 1 is 1.43 bits per heavy atom. The van der Waals surface area contributed by atoms with Gasteiger partial charge in [-0.15, -0.1) is 0 Å². The van der Waals surface area contributed by atoms with Crippen molar-refractivity contribution in [1.82, 2.24) is 10.6 Å². The van der Waals surface area contributed by atoms with Crippen molar-refractivity contribution in [2.75, 3.05) is 0 Å². The van der Waals surface area contributed by atoms with Crippen molar-refractivity contribution in [2.45, 2.75) is 39.3 Å². The number of aliphatic carboxylic acids is 1. The van der Waals surface area contributed by atoms with Crippen LogP contribution in [0.4, 0.5) is 0 Å². The van der Waals surface area contributed by atoms with Crippen molar-refractivity contribution in [3.8, 4) is 0 Å². The molecule has 0 saturated carbocycles. The van der Waals surface area contributed by atoms with E-state index in [1.807, 2.05) is 20.8 Å². The number of nitrogens with one attached hydrogen (secondary N) is 2. The van der Waals surface area contributed by atoms with Crippen molar-refractivity contribution < 1.29 is 68.1 Å². The third kappa shape index (κ3) is 9.52. The molecule has 0 aromatic heterocycles. The van der Waals surface area contributed by atoms with Crippen LogP contribution in [-0.2, 0) is 4.79 Å². The standard InChI is InChI=1S/C8H16N2O2S.Rb/c1-5(6(11)12)9-7(13)10-8(2,3)4;/h5H,1-4H3,(H,11,12)(H2,9,10,13);/q;+1/p-1. The molecule has 0 aliphatic carbocycles. The molecule has 0 aromatic carbocycles. The first kappa shape index (κ1) is 17.4. The monoisotopic (exact) mass is 288 g/mol. The van der Waals surface area contributed by atoms with Crippen LogP contribution in [0.2, 0.25) is 0 Å². The van der Waals surface area contributed by atoms with E-state index in [0.717, 1.165) is 0 Å². The van der Waals surface area contributed by atoms with Gasteiger partial charge in [-0.25, -0.2) is 0 Å². The van der Waals surface area contributed by atoms with E-state index in [1.165, 1.54) is 6.92 Å². The van der Waals surface area contributed by atoms with Gasteiger partial charge >= 0.3 is 58.2 Å². The maximum absolute atomic E-state index is 10.3. The van der Waals surface area contributed by atoms with Crippen molar-refractivity contribution in [3.63, 3.8) is 0 Å². The minimum absolute atomic E-state index is 0. The van der Waals surface area contributed by atoms with Crippen LogP contribution < -0.4 is 73.9 Å². The molecule has 1 unspecified atom stereocenters. The first-order chi connectivity index (χ1) is 5.72. The summed E-state index contributed by atoms with van der Waals surface area (Å²) in [5, 5.41) is 16.2. The van der Waals surface area contributed by atoms with Crippen LogP contribution in [0.25, 0.3) is 0 Å². The molecule has 0 aliphatic rings. The minimum atomic E-state index is -1.17. The van der Waals surface area contributed by atoms with Gasteiger partial charge in [-0.05, 0) is 39.9 Å². The molecule has 0 amide bonds. The molecule has 4 nitrogen and oxygen atoms in total. The third-order valence-corrected chi connectivity index (χ3v) is 1.41. The summed E-state index contributed by atoms with van der Waals surface area (Å²) in [5.41, 5.74) is -0.171. The van der Waals surface area contributed by atoms with Crippen molar-refractivity contribution in [3.05, 3.63) is 0 Å². The molecular weight excluding hydrogens is 274 g/mol. The van der Waals surface area contributed by atoms with Crippen LogP contribution in [-0.4, -0.2) is 22.7 Å². The van der Waals surface area contributed by atoms with Gasteiger partial charge in [0.05, 0.1) is 12.0 Å². The summed E-state index contributed by atoms with van der Waals surface area (Å²) in [6.45, 7) is 7.28. The quantitative estimate of drug-likeness (QED) is 0.514. The average Bonchev–Trinajstić information content (AvgIpc) is 1.81. The molecule has 0 radical (unpaired) electrons. The van der Waals surface area contributed by atoms with E-state index in [9.17, 15) is 9.90 Å². The molecule has 14 heavy (non-hydrogen) atoms. The molecule has 0 saturated heterocycles. The van der Waals surface area contributed by atoms with E-state index in [-0.39, 0.29) is 63.7 Å². The predicted molar refractivity (Wildman–Crippen MR) is 53.1 cm³/mol. The zero-order valence-corrected chi connectivity index (χ0v) is 15.0. The van der Waals surface area contributed by atoms with Gasteiger partial charge < -0.3 is 20.5 Å². The Bertz CT molecular complexity index is 216. The van der Waals surface area contributed by atoms with E-state index in [4.69, 9.17) is 12.2 Å². The minimum Gasteiger partial charge on any atom is -0.548 e. The van der Waals surface area contributed by atoms with Crippen LogP contribution in [0.1, 0.15) is 27.7 Å². The largest absolute Gasteiger partial charge is 1.00 e. The molecule has 0 fully saturated rings. The fourth-order valence-corrected chi connectivity index (χ4v) is 1.12. The molecule has 2 N–H and O–H groups in total. The van der Waals surface area contributed by atoms with E-state index in [1.54, 1.807) is 0 Å². The number of hydrogen-bond donors (Lipinski definition) is 2. The third-order valence-electron chi connectivity index (χ3n) is 1.19. The van der Waals surface area contributed by atoms with Gasteiger partial charge in [0.1, 0.15) is 0 Å². The van der Waals surface area contributed by atoms with Crippen molar-refractivity contribution in [2.24, 2.45) is 0 Å². The summed E-state index contributed by atoms with van der Waals surface area (Å²) in [4.78, 5) is 10.3. The summed E-state index contributed by atoms with van der Waals surface area (Å²) in [6, 6.07) is -0.776. The van der Waals surface area contributed by atoms with Crippen LogP contribution in [0.3, 0.4) is 0 Å². The van der Waals surface area contributed by atoms with Crippen molar-refractivity contribution in [1.29, 1.82) is 0 Å². The Morgan fingerprint density at radius 3 is 2.14 bits per heavy atom. The second kappa shape index (κ2) is 7.27. The van der Waals surface area contributed by atoms with Crippen LogP contribution in [0.5, 0.6) is 0 Å². The number of carbonyl (C=O) groups excluding carboxylic acids is 1. The van der Waals surface area contributed by atoms with Gasteiger partial charge in [-0.1, -0.05) is 0 Å². The first-order valence-electron chi connectivity index (χ1n) is 4.02. The maximum Gasteiger partial charge on any atom is 1.00 e. The molecule has 76 valence electrons. The Kier molecular flexibility index (Phi) is 9.02. The number of rotatable bonds is 2. The summed E-state index contributed by atoms with van der Waals surface area (Å²) >= 11 is 4.88. The number of thiocarbonyl (C=S) groups is 1. The SMILES string of the molecule is CC(NC(=S)NC(C)(C)C)C(=O)[O-].[Rb+]. The fraction of sp³-hybridized carbons (Fsp3) is 0.750. The summed E-state index contributed by atoms with van der Waals surface area (Å²) in [5.74, 6) is -1.17. The van der Waals surface area contributed by atoms with Crippen LogP contribution in [0, 0.1) is 0 Å². The normalized spacial score (nSPS) is 12.3. The van der Waals surface area contributed by atoms with Crippen LogP contribution in [0.15, 0.2) is 0 Å².